The van der Waals surface area contributed by atoms with E-state index >= 15 is 0 Å². The monoisotopic (exact) mass is 143 g/mol. The molecule has 0 saturated heterocycles. The molecule has 2 unspecified atom stereocenters. The molecule has 0 bridgehead atoms. The van der Waals surface area contributed by atoms with Crippen LogP contribution in [0.15, 0.2) is 0 Å². The van der Waals surface area contributed by atoms with Crippen molar-refractivity contribution in [2.45, 2.75) is 11.6 Å². The molecule has 0 heterocycles. The van der Waals surface area contributed by atoms with E-state index in [1.165, 1.54) is 0 Å². The van der Waals surface area contributed by atoms with Gasteiger partial charge in [-0.3, -0.25) is 0 Å². The van der Waals surface area contributed by atoms with Gasteiger partial charge in [0.2, 0.25) is 0 Å². The van der Waals surface area contributed by atoms with Gasteiger partial charge < -0.3 is 0 Å². The van der Waals surface area contributed by atoms with E-state index in [9.17, 15) is 13.2 Å². The third-order valence-corrected chi connectivity index (χ3v) is 1.39. The van der Waals surface area contributed by atoms with Crippen LogP contribution < -0.4 is 0 Å². The van der Waals surface area contributed by atoms with Gasteiger partial charge in [-0.2, -0.15) is 13.2 Å². The van der Waals surface area contributed by atoms with Gasteiger partial charge in [0, 0.05) is 5.38 Å². The van der Waals surface area contributed by atoms with Crippen molar-refractivity contribution in [3.8, 4) is 0 Å². The lowest BCUT2D eigenvalue weighted by Gasteiger charge is -2.00. The summed E-state index contributed by atoms with van der Waals surface area (Å²) in [6.07, 6.45) is -3.05. The average Bonchev–Trinajstić information content (AvgIpc) is 2.13. The van der Waals surface area contributed by atoms with Crippen LogP contribution in [-0.4, -0.2) is 11.6 Å². The molecule has 47 valence electrons. The van der Waals surface area contributed by atoms with Gasteiger partial charge in [-0.15, -0.1) is 11.6 Å². The number of halogens is 4. The first-order chi connectivity index (χ1) is 3.52. The van der Waals surface area contributed by atoms with Crippen LogP contribution in [-0.2, 0) is 0 Å². The van der Waals surface area contributed by atoms with Crippen LogP contribution in [0.5, 0.6) is 0 Å². The molecule has 0 spiro atoms. The first-order valence-corrected chi connectivity index (χ1v) is 2.51. The Balaban J connectivity index is 2.39. The van der Waals surface area contributed by atoms with Crippen molar-refractivity contribution in [1.29, 1.82) is 0 Å². The first kappa shape index (κ1) is 6.20. The van der Waals surface area contributed by atoms with E-state index in [0.717, 1.165) is 6.42 Å². The molecule has 1 aliphatic carbocycles. The highest BCUT2D eigenvalue weighted by atomic mass is 35.5. The minimum Gasteiger partial charge on any atom is -0.171 e. The highest BCUT2D eigenvalue weighted by Crippen LogP contribution is 2.46. The minimum atomic E-state index is -4.10. The van der Waals surface area contributed by atoms with Gasteiger partial charge in [0.25, 0.3) is 0 Å². The van der Waals surface area contributed by atoms with Crippen molar-refractivity contribution in [3.63, 3.8) is 0 Å². The van der Waals surface area contributed by atoms with Gasteiger partial charge in [0.05, 0.1) is 5.92 Å². The van der Waals surface area contributed by atoms with E-state index in [2.05, 4.69) is 0 Å². The second-order valence-corrected chi connectivity index (χ2v) is 2.21. The van der Waals surface area contributed by atoms with Crippen LogP contribution in [0.25, 0.3) is 0 Å². The summed E-state index contributed by atoms with van der Waals surface area (Å²) in [6, 6.07) is 0. The van der Waals surface area contributed by atoms with Gasteiger partial charge in [0.15, 0.2) is 0 Å². The third kappa shape index (κ3) is 1.08. The average molecular weight is 144 g/mol. The Morgan fingerprint density at radius 1 is 1.38 bits per heavy atom. The Hall–Kier alpha value is 0.0800. The molecule has 1 fully saturated rings. The second-order valence-electron chi connectivity index (χ2n) is 1.70. The predicted molar refractivity (Wildman–Crippen MR) is 23.5 cm³/mol. The maximum absolute atomic E-state index is 11.4. The van der Waals surface area contributed by atoms with Crippen LogP contribution in [0, 0.1) is 12.3 Å². The molecule has 0 nitrogen and oxygen atoms in total. The third-order valence-electron chi connectivity index (χ3n) is 0.971. The molecule has 0 aromatic carbocycles. The summed E-state index contributed by atoms with van der Waals surface area (Å²) in [7, 11) is 0. The molecule has 0 amide bonds. The topological polar surface area (TPSA) is 0 Å². The zero-order chi connectivity index (χ0) is 6.36. The van der Waals surface area contributed by atoms with Crippen molar-refractivity contribution in [3.05, 3.63) is 6.42 Å². The standard InChI is InChI=1S/C4H3ClF3/c5-3-1-2(3)4(6,7)8/h1-3H. The quantitative estimate of drug-likeness (QED) is 0.455. The fraction of sp³-hybridized carbons (Fsp3) is 0.750. The molecule has 1 aliphatic rings. The maximum Gasteiger partial charge on any atom is 0.393 e. The van der Waals surface area contributed by atoms with E-state index in [-0.39, 0.29) is 0 Å². The SMILES string of the molecule is FC(F)(F)C1[CH]C1Cl. The summed E-state index contributed by atoms with van der Waals surface area (Å²) >= 11 is 5.06. The van der Waals surface area contributed by atoms with E-state index in [0.29, 0.717) is 0 Å². The highest BCUT2D eigenvalue weighted by molar-refractivity contribution is 6.24. The normalized spacial score (nSPS) is 37.5. The molecule has 0 aromatic heterocycles. The van der Waals surface area contributed by atoms with Crippen molar-refractivity contribution in [1.82, 2.24) is 0 Å². The lowest BCUT2D eigenvalue weighted by atomic mass is 10.4. The molecule has 4 heteroatoms. The van der Waals surface area contributed by atoms with Crippen molar-refractivity contribution in [2.75, 3.05) is 0 Å². The Labute approximate surface area is 49.6 Å². The van der Waals surface area contributed by atoms with E-state index in [4.69, 9.17) is 11.6 Å². The smallest absolute Gasteiger partial charge is 0.171 e. The number of hydrogen-bond donors (Lipinski definition) is 0. The minimum absolute atomic E-state index is 0.769. The number of alkyl halides is 4. The Morgan fingerprint density at radius 2 is 1.75 bits per heavy atom. The molecule has 1 radical (unpaired) electrons. The molecule has 8 heavy (non-hydrogen) atoms. The Kier molecular flexibility index (Phi) is 1.19. The molecule has 0 aromatic rings. The van der Waals surface area contributed by atoms with Gasteiger partial charge >= 0.3 is 6.18 Å². The zero-order valence-corrected chi connectivity index (χ0v) is 4.50. The summed E-state index contributed by atoms with van der Waals surface area (Å²) in [5, 5.41) is -0.769. The Bertz CT molecular complexity index is 97.9. The van der Waals surface area contributed by atoms with Gasteiger partial charge in [0.1, 0.15) is 0 Å². The van der Waals surface area contributed by atoms with Gasteiger partial charge in [-0.25, -0.2) is 0 Å². The lowest BCUT2D eigenvalue weighted by molar-refractivity contribution is -0.143. The van der Waals surface area contributed by atoms with E-state index < -0.39 is 17.5 Å². The Morgan fingerprint density at radius 3 is 1.75 bits per heavy atom. The van der Waals surface area contributed by atoms with Crippen LogP contribution in [0.2, 0.25) is 0 Å². The maximum atomic E-state index is 11.4. The van der Waals surface area contributed by atoms with Crippen LogP contribution in [0.3, 0.4) is 0 Å². The van der Waals surface area contributed by atoms with Crippen molar-refractivity contribution < 1.29 is 13.2 Å². The summed E-state index contributed by atoms with van der Waals surface area (Å²) in [5.41, 5.74) is 0. The van der Waals surface area contributed by atoms with E-state index in [1.807, 2.05) is 0 Å². The molecule has 0 N–H and O–H groups in total. The summed E-state index contributed by atoms with van der Waals surface area (Å²) in [4.78, 5) is 0. The lowest BCUT2D eigenvalue weighted by Crippen LogP contribution is -2.11. The fourth-order valence-corrected chi connectivity index (χ4v) is 0.723. The fourth-order valence-electron chi connectivity index (χ4n) is 0.424. The summed E-state index contributed by atoms with van der Waals surface area (Å²) < 4.78 is 34.1. The van der Waals surface area contributed by atoms with Crippen molar-refractivity contribution in [2.24, 2.45) is 5.92 Å². The summed E-state index contributed by atoms with van der Waals surface area (Å²) in [6.45, 7) is 0. The van der Waals surface area contributed by atoms with E-state index in [1.54, 1.807) is 0 Å². The molecular weight excluding hydrogens is 140 g/mol. The highest BCUT2D eigenvalue weighted by Gasteiger charge is 2.55. The molecule has 2 atom stereocenters. The van der Waals surface area contributed by atoms with Crippen LogP contribution in [0.4, 0.5) is 13.2 Å². The van der Waals surface area contributed by atoms with Gasteiger partial charge in [-0.1, -0.05) is 0 Å². The molecule has 0 aliphatic heterocycles. The second kappa shape index (κ2) is 1.53. The number of rotatable bonds is 0. The molecular formula is C4H3ClF3. The molecule has 1 rings (SSSR count). The van der Waals surface area contributed by atoms with Crippen LogP contribution >= 0.6 is 11.6 Å². The molecule has 1 saturated carbocycles. The summed E-state index contributed by atoms with van der Waals surface area (Å²) in [5.74, 6) is -1.34. The van der Waals surface area contributed by atoms with Gasteiger partial charge in [-0.05, 0) is 6.42 Å². The predicted octanol–water partition coefficient (Wildman–Crippen LogP) is 1.99. The van der Waals surface area contributed by atoms with Crippen molar-refractivity contribution >= 4 is 11.6 Å². The zero-order valence-electron chi connectivity index (χ0n) is 3.74. The first-order valence-electron chi connectivity index (χ1n) is 2.07. The largest absolute Gasteiger partial charge is 0.393 e. The number of hydrogen-bond acceptors (Lipinski definition) is 0. The van der Waals surface area contributed by atoms with Crippen LogP contribution in [0.1, 0.15) is 0 Å².